The molecular formula is C16H19FN6O2. The summed E-state index contributed by atoms with van der Waals surface area (Å²) in [6, 6.07) is 5.07. The molecule has 0 radical (unpaired) electrons. The fourth-order valence-corrected chi connectivity index (χ4v) is 3.01. The summed E-state index contributed by atoms with van der Waals surface area (Å²) in [4.78, 5) is 26.6. The number of carbonyl (C=O) groups is 2. The van der Waals surface area contributed by atoms with Crippen molar-refractivity contribution in [3.05, 3.63) is 41.5 Å². The van der Waals surface area contributed by atoms with Crippen molar-refractivity contribution in [1.82, 2.24) is 30.4 Å². The fraction of sp³-hybridized carbons (Fsp3) is 0.438. The van der Waals surface area contributed by atoms with Crippen LogP contribution in [0.1, 0.15) is 38.1 Å². The standard InChI is InChI=1S/C16H19FN6O2/c1-3-9-23-13(19-20-21-23)10-22-14(24)16(4-2,18-15(22)25)11-5-7-12(17)8-6-11/h5-8H,3-4,9-10H2,1-2H3,(H,18,25). The van der Waals surface area contributed by atoms with Crippen molar-refractivity contribution in [2.24, 2.45) is 0 Å². The second-order valence-corrected chi connectivity index (χ2v) is 5.91. The van der Waals surface area contributed by atoms with Gasteiger partial charge in [0.15, 0.2) is 5.82 Å². The Morgan fingerprint density at radius 3 is 2.56 bits per heavy atom. The molecule has 2 heterocycles. The molecule has 1 fully saturated rings. The molecule has 0 aliphatic carbocycles. The van der Waals surface area contributed by atoms with E-state index in [1.807, 2.05) is 6.92 Å². The number of imide groups is 1. The van der Waals surface area contributed by atoms with E-state index in [-0.39, 0.29) is 6.54 Å². The maximum absolute atomic E-state index is 13.2. The normalized spacial score (nSPS) is 20.2. The number of hydrogen-bond acceptors (Lipinski definition) is 5. The van der Waals surface area contributed by atoms with E-state index in [1.54, 1.807) is 11.6 Å². The van der Waals surface area contributed by atoms with Crippen molar-refractivity contribution in [1.29, 1.82) is 0 Å². The van der Waals surface area contributed by atoms with E-state index in [0.717, 1.165) is 11.3 Å². The third-order valence-electron chi connectivity index (χ3n) is 4.38. The van der Waals surface area contributed by atoms with Gasteiger partial charge in [0.1, 0.15) is 11.4 Å². The molecule has 1 aliphatic heterocycles. The van der Waals surface area contributed by atoms with Gasteiger partial charge in [-0.25, -0.2) is 13.9 Å². The van der Waals surface area contributed by atoms with Crippen LogP contribution >= 0.6 is 0 Å². The second-order valence-electron chi connectivity index (χ2n) is 5.91. The summed E-state index contributed by atoms with van der Waals surface area (Å²) < 4.78 is 14.8. The lowest BCUT2D eigenvalue weighted by Gasteiger charge is -2.25. The highest BCUT2D eigenvalue weighted by atomic mass is 19.1. The number of benzene rings is 1. The molecule has 1 atom stereocenters. The number of urea groups is 1. The molecule has 3 rings (SSSR count). The Hall–Kier alpha value is -2.84. The molecule has 1 unspecified atom stereocenters. The van der Waals surface area contributed by atoms with Crippen LogP contribution in [-0.4, -0.2) is 37.0 Å². The molecule has 1 aliphatic rings. The molecule has 1 aromatic carbocycles. The van der Waals surface area contributed by atoms with E-state index in [1.165, 1.54) is 24.3 Å². The Morgan fingerprint density at radius 1 is 1.20 bits per heavy atom. The third-order valence-corrected chi connectivity index (χ3v) is 4.38. The minimum Gasteiger partial charge on any atom is -0.319 e. The van der Waals surface area contributed by atoms with Crippen molar-refractivity contribution in [3.63, 3.8) is 0 Å². The Morgan fingerprint density at radius 2 is 1.92 bits per heavy atom. The van der Waals surface area contributed by atoms with Gasteiger partial charge in [0.05, 0.1) is 6.54 Å². The smallest absolute Gasteiger partial charge is 0.319 e. The molecule has 1 aromatic heterocycles. The van der Waals surface area contributed by atoms with Gasteiger partial charge in [-0.2, -0.15) is 0 Å². The number of hydrogen-bond donors (Lipinski definition) is 1. The first-order valence-corrected chi connectivity index (χ1v) is 8.17. The lowest BCUT2D eigenvalue weighted by atomic mass is 9.87. The van der Waals surface area contributed by atoms with Crippen molar-refractivity contribution in [3.8, 4) is 0 Å². The van der Waals surface area contributed by atoms with Gasteiger partial charge in [0.25, 0.3) is 5.91 Å². The summed E-state index contributed by atoms with van der Waals surface area (Å²) in [5.74, 6) is -0.351. The Labute approximate surface area is 144 Å². The topological polar surface area (TPSA) is 93.0 Å². The maximum Gasteiger partial charge on any atom is 0.325 e. The lowest BCUT2D eigenvalue weighted by Crippen LogP contribution is -2.43. The number of nitrogens with one attached hydrogen (secondary N) is 1. The maximum atomic E-state index is 13.2. The Balaban J connectivity index is 1.90. The third kappa shape index (κ3) is 2.86. The number of aryl methyl sites for hydroxylation is 1. The van der Waals surface area contributed by atoms with Gasteiger partial charge in [0, 0.05) is 6.54 Å². The number of halogens is 1. The fourth-order valence-electron chi connectivity index (χ4n) is 3.01. The molecule has 3 amide bonds. The molecule has 8 nitrogen and oxygen atoms in total. The molecule has 2 aromatic rings. The van der Waals surface area contributed by atoms with Crippen LogP contribution in [0.4, 0.5) is 9.18 Å². The van der Waals surface area contributed by atoms with Crippen molar-refractivity contribution < 1.29 is 14.0 Å². The molecule has 9 heteroatoms. The van der Waals surface area contributed by atoms with Crippen LogP contribution < -0.4 is 5.32 Å². The zero-order chi connectivity index (χ0) is 18.0. The highest BCUT2D eigenvalue weighted by Crippen LogP contribution is 2.33. The van der Waals surface area contributed by atoms with E-state index in [4.69, 9.17) is 0 Å². The van der Waals surface area contributed by atoms with Gasteiger partial charge in [-0.15, -0.1) is 5.10 Å². The quantitative estimate of drug-likeness (QED) is 0.802. The first-order valence-electron chi connectivity index (χ1n) is 8.17. The van der Waals surface area contributed by atoms with Crippen LogP contribution in [0.2, 0.25) is 0 Å². The van der Waals surface area contributed by atoms with Gasteiger partial charge in [-0.05, 0) is 41.0 Å². The molecule has 1 N–H and O–H groups in total. The lowest BCUT2D eigenvalue weighted by molar-refractivity contribution is -0.132. The molecule has 1 saturated heterocycles. The summed E-state index contributed by atoms with van der Waals surface area (Å²) in [6.45, 7) is 4.37. The summed E-state index contributed by atoms with van der Waals surface area (Å²) in [7, 11) is 0. The average Bonchev–Trinajstić information content (AvgIpc) is 3.14. The monoisotopic (exact) mass is 346 g/mol. The Kier molecular flexibility index (Phi) is 4.47. The minimum atomic E-state index is -1.20. The minimum absolute atomic E-state index is 0.0133. The van der Waals surface area contributed by atoms with E-state index >= 15 is 0 Å². The number of amides is 3. The van der Waals surface area contributed by atoms with E-state index in [9.17, 15) is 14.0 Å². The van der Waals surface area contributed by atoms with E-state index in [2.05, 4.69) is 20.8 Å². The van der Waals surface area contributed by atoms with Gasteiger partial charge in [-0.3, -0.25) is 9.69 Å². The highest BCUT2D eigenvalue weighted by molar-refractivity contribution is 6.07. The van der Waals surface area contributed by atoms with E-state index in [0.29, 0.717) is 24.4 Å². The number of aromatic nitrogens is 4. The predicted molar refractivity (Wildman–Crippen MR) is 85.6 cm³/mol. The van der Waals surface area contributed by atoms with Crippen LogP contribution in [0.5, 0.6) is 0 Å². The van der Waals surface area contributed by atoms with Crippen molar-refractivity contribution in [2.45, 2.75) is 45.3 Å². The second kappa shape index (κ2) is 6.58. The van der Waals surface area contributed by atoms with E-state index < -0.39 is 23.3 Å². The van der Waals surface area contributed by atoms with Gasteiger partial charge < -0.3 is 5.32 Å². The first-order chi connectivity index (χ1) is 12.0. The SMILES string of the molecule is CCCn1nnnc1CN1C(=O)NC(CC)(c2ccc(F)cc2)C1=O. The zero-order valence-corrected chi connectivity index (χ0v) is 14.1. The predicted octanol–water partition coefficient (Wildman–Crippen LogP) is 1.58. The summed E-state index contributed by atoms with van der Waals surface area (Å²) in [5, 5.41) is 14.1. The van der Waals surface area contributed by atoms with Gasteiger partial charge in [-0.1, -0.05) is 26.0 Å². The van der Waals surface area contributed by atoms with Crippen LogP contribution in [0, 0.1) is 5.82 Å². The Bertz CT molecular complexity index is 790. The molecular weight excluding hydrogens is 327 g/mol. The zero-order valence-electron chi connectivity index (χ0n) is 14.1. The largest absolute Gasteiger partial charge is 0.325 e. The first kappa shape index (κ1) is 17.0. The molecule has 0 spiro atoms. The number of nitrogens with zero attached hydrogens (tertiary/aromatic N) is 5. The molecule has 132 valence electrons. The molecule has 0 bridgehead atoms. The van der Waals surface area contributed by atoms with Crippen molar-refractivity contribution in [2.75, 3.05) is 0 Å². The summed E-state index contributed by atoms with van der Waals surface area (Å²) >= 11 is 0. The number of carbonyl (C=O) groups excluding carboxylic acids is 2. The van der Waals surface area contributed by atoms with Crippen LogP contribution in [0.25, 0.3) is 0 Å². The molecule has 0 saturated carbocycles. The van der Waals surface area contributed by atoms with Gasteiger partial charge >= 0.3 is 6.03 Å². The summed E-state index contributed by atoms with van der Waals surface area (Å²) in [5.41, 5.74) is -0.654. The van der Waals surface area contributed by atoms with Gasteiger partial charge in [0.2, 0.25) is 0 Å². The highest BCUT2D eigenvalue weighted by Gasteiger charge is 2.51. The van der Waals surface area contributed by atoms with Crippen LogP contribution in [0.15, 0.2) is 24.3 Å². The molecule has 25 heavy (non-hydrogen) atoms. The number of rotatable bonds is 6. The summed E-state index contributed by atoms with van der Waals surface area (Å²) in [6.07, 6.45) is 1.17. The van der Waals surface area contributed by atoms with Crippen LogP contribution in [-0.2, 0) is 23.4 Å². The van der Waals surface area contributed by atoms with Crippen LogP contribution in [0.3, 0.4) is 0 Å². The van der Waals surface area contributed by atoms with Crippen molar-refractivity contribution >= 4 is 11.9 Å². The average molecular weight is 346 g/mol. The number of tetrazole rings is 1.